The molecular formula is C13H24N4O3. The van der Waals surface area contributed by atoms with Crippen molar-refractivity contribution in [2.24, 2.45) is 0 Å². The van der Waals surface area contributed by atoms with Gasteiger partial charge >= 0.3 is 6.03 Å². The molecule has 0 aromatic rings. The van der Waals surface area contributed by atoms with E-state index >= 15 is 0 Å². The van der Waals surface area contributed by atoms with E-state index in [0.717, 1.165) is 19.5 Å². The number of nitrogens with one attached hydrogen (secondary N) is 1. The number of carbonyl (C=O) groups excluding carboxylic acids is 2. The second-order valence-corrected chi connectivity index (χ2v) is 5.65. The van der Waals surface area contributed by atoms with Crippen LogP contribution in [0.1, 0.15) is 6.42 Å². The summed E-state index contributed by atoms with van der Waals surface area (Å²) in [7, 11) is 5.88. The van der Waals surface area contributed by atoms with Gasteiger partial charge in [-0.05, 0) is 20.5 Å². The normalized spacial score (nSPS) is 27.7. The van der Waals surface area contributed by atoms with Crippen molar-refractivity contribution in [1.29, 1.82) is 0 Å². The van der Waals surface area contributed by atoms with Crippen LogP contribution in [0.4, 0.5) is 4.79 Å². The molecule has 0 aliphatic carbocycles. The standard InChI is InChI=1S/C13H24N4O3/c1-15(4-5-17-12(18)7-14-13(17)19)8-10-6-11(20-3)9-16(10)2/h10-11H,4-9H2,1-3H3,(H,14,19)/t10-,11-/m0/s1. The zero-order valence-electron chi connectivity index (χ0n) is 12.5. The Hall–Kier alpha value is -1.18. The van der Waals surface area contributed by atoms with Gasteiger partial charge in [-0.25, -0.2) is 4.79 Å². The van der Waals surface area contributed by atoms with E-state index in [0.29, 0.717) is 25.2 Å². The molecule has 1 N–H and O–H groups in total. The van der Waals surface area contributed by atoms with Gasteiger partial charge in [0.2, 0.25) is 5.91 Å². The van der Waals surface area contributed by atoms with Crippen molar-refractivity contribution < 1.29 is 14.3 Å². The van der Waals surface area contributed by atoms with Crippen LogP contribution in [0.25, 0.3) is 0 Å². The third-order valence-corrected chi connectivity index (χ3v) is 4.15. The molecule has 2 atom stereocenters. The first-order valence-electron chi connectivity index (χ1n) is 7.01. The highest BCUT2D eigenvalue weighted by molar-refractivity contribution is 6.01. The molecule has 2 rings (SSSR count). The molecule has 3 amide bonds. The van der Waals surface area contributed by atoms with Crippen LogP contribution in [0, 0.1) is 0 Å². The number of methoxy groups -OCH3 is 1. The molecule has 2 fully saturated rings. The lowest BCUT2D eigenvalue weighted by molar-refractivity contribution is -0.125. The van der Waals surface area contributed by atoms with E-state index < -0.39 is 0 Å². The molecule has 114 valence electrons. The van der Waals surface area contributed by atoms with Gasteiger partial charge in [-0.3, -0.25) is 14.6 Å². The highest BCUT2D eigenvalue weighted by Crippen LogP contribution is 2.18. The molecule has 0 aromatic heterocycles. The number of amides is 3. The number of hydrogen-bond acceptors (Lipinski definition) is 5. The van der Waals surface area contributed by atoms with Crippen LogP contribution in [0.5, 0.6) is 0 Å². The van der Waals surface area contributed by atoms with Gasteiger partial charge in [0.05, 0.1) is 12.6 Å². The maximum absolute atomic E-state index is 11.5. The average molecular weight is 284 g/mol. The fourth-order valence-corrected chi connectivity index (χ4v) is 2.82. The zero-order chi connectivity index (χ0) is 14.7. The number of likely N-dealkylation sites (N-methyl/N-ethyl adjacent to an activating group) is 2. The molecule has 2 aliphatic heterocycles. The molecule has 2 heterocycles. The number of likely N-dealkylation sites (tertiary alicyclic amines) is 1. The molecule has 7 heteroatoms. The van der Waals surface area contributed by atoms with Crippen LogP contribution >= 0.6 is 0 Å². The van der Waals surface area contributed by atoms with E-state index in [9.17, 15) is 9.59 Å². The molecule has 0 aromatic carbocycles. The predicted octanol–water partition coefficient (Wildman–Crippen LogP) is -0.811. The molecule has 20 heavy (non-hydrogen) atoms. The Bertz CT molecular complexity index is 361. The largest absolute Gasteiger partial charge is 0.380 e. The Morgan fingerprint density at radius 2 is 2.20 bits per heavy atom. The fraction of sp³-hybridized carbons (Fsp3) is 0.846. The molecule has 0 spiro atoms. The first-order chi connectivity index (χ1) is 9.51. The smallest absolute Gasteiger partial charge is 0.324 e. The monoisotopic (exact) mass is 284 g/mol. The van der Waals surface area contributed by atoms with Crippen molar-refractivity contribution >= 4 is 11.9 Å². The molecule has 2 aliphatic rings. The fourth-order valence-electron chi connectivity index (χ4n) is 2.82. The van der Waals surface area contributed by atoms with Crippen molar-refractivity contribution in [3.63, 3.8) is 0 Å². The second kappa shape index (κ2) is 6.51. The summed E-state index contributed by atoms with van der Waals surface area (Å²) in [6, 6.07) is 0.189. The van der Waals surface area contributed by atoms with Gasteiger partial charge in [0.1, 0.15) is 0 Å². The maximum atomic E-state index is 11.5. The Morgan fingerprint density at radius 3 is 2.75 bits per heavy atom. The van der Waals surface area contributed by atoms with E-state index in [2.05, 4.69) is 22.2 Å². The first kappa shape index (κ1) is 15.2. The van der Waals surface area contributed by atoms with Gasteiger partial charge in [0.15, 0.2) is 0 Å². The number of ether oxygens (including phenoxy) is 1. The van der Waals surface area contributed by atoms with E-state index in [1.165, 1.54) is 4.90 Å². The van der Waals surface area contributed by atoms with Crippen molar-refractivity contribution in [2.45, 2.75) is 18.6 Å². The molecule has 0 radical (unpaired) electrons. The maximum Gasteiger partial charge on any atom is 0.324 e. The van der Waals surface area contributed by atoms with Gasteiger partial charge in [-0.1, -0.05) is 0 Å². The van der Waals surface area contributed by atoms with Gasteiger partial charge in [-0.2, -0.15) is 0 Å². The molecular weight excluding hydrogens is 260 g/mol. The van der Waals surface area contributed by atoms with E-state index in [-0.39, 0.29) is 18.5 Å². The summed E-state index contributed by atoms with van der Waals surface area (Å²) < 4.78 is 5.40. The third kappa shape index (κ3) is 3.47. The topological polar surface area (TPSA) is 65.1 Å². The number of urea groups is 1. The molecule has 2 saturated heterocycles. The quantitative estimate of drug-likeness (QED) is 0.646. The second-order valence-electron chi connectivity index (χ2n) is 5.65. The minimum absolute atomic E-state index is 0.128. The Balaban J connectivity index is 1.74. The van der Waals surface area contributed by atoms with Crippen molar-refractivity contribution in [3.05, 3.63) is 0 Å². The zero-order valence-corrected chi connectivity index (χ0v) is 12.5. The van der Waals surface area contributed by atoms with Crippen molar-refractivity contribution in [1.82, 2.24) is 20.0 Å². The molecule has 0 bridgehead atoms. The van der Waals surface area contributed by atoms with Crippen LogP contribution in [-0.4, -0.2) is 92.7 Å². The predicted molar refractivity (Wildman–Crippen MR) is 74.4 cm³/mol. The number of rotatable bonds is 6. The molecule has 7 nitrogen and oxygen atoms in total. The van der Waals surface area contributed by atoms with Crippen LogP contribution < -0.4 is 5.32 Å². The van der Waals surface area contributed by atoms with Crippen LogP contribution in [0.3, 0.4) is 0 Å². The Morgan fingerprint density at radius 1 is 1.45 bits per heavy atom. The van der Waals surface area contributed by atoms with Gasteiger partial charge in [-0.15, -0.1) is 0 Å². The van der Waals surface area contributed by atoms with E-state index in [4.69, 9.17) is 4.74 Å². The lowest BCUT2D eigenvalue weighted by Crippen LogP contribution is -2.42. The summed E-state index contributed by atoms with van der Waals surface area (Å²) in [6.07, 6.45) is 1.34. The summed E-state index contributed by atoms with van der Waals surface area (Å²) in [5.41, 5.74) is 0. The number of hydrogen-bond donors (Lipinski definition) is 1. The van der Waals surface area contributed by atoms with Crippen LogP contribution in [-0.2, 0) is 9.53 Å². The lowest BCUT2D eigenvalue weighted by atomic mass is 10.2. The Labute approximate surface area is 119 Å². The highest BCUT2D eigenvalue weighted by Gasteiger charge is 2.31. The van der Waals surface area contributed by atoms with E-state index in [1.54, 1.807) is 7.11 Å². The van der Waals surface area contributed by atoms with Crippen LogP contribution in [0.15, 0.2) is 0 Å². The first-order valence-corrected chi connectivity index (χ1v) is 7.01. The highest BCUT2D eigenvalue weighted by atomic mass is 16.5. The van der Waals surface area contributed by atoms with E-state index in [1.807, 2.05) is 7.05 Å². The number of carbonyl (C=O) groups is 2. The minimum atomic E-state index is -0.277. The Kier molecular flexibility index (Phi) is 4.95. The summed E-state index contributed by atoms with van der Waals surface area (Å²) in [5, 5.41) is 2.53. The molecule has 0 saturated carbocycles. The number of nitrogens with zero attached hydrogens (tertiary/aromatic N) is 3. The third-order valence-electron chi connectivity index (χ3n) is 4.15. The van der Waals surface area contributed by atoms with Crippen LogP contribution in [0.2, 0.25) is 0 Å². The summed E-state index contributed by atoms with van der Waals surface area (Å²) >= 11 is 0. The van der Waals surface area contributed by atoms with Crippen molar-refractivity contribution in [2.75, 3.05) is 53.9 Å². The summed E-state index contributed by atoms with van der Waals surface area (Å²) in [6.45, 7) is 3.15. The van der Waals surface area contributed by atoms with Gasteiger partial charge in [0, 0.05) is 39.3 Å². The minimum Gasteiger partial charge on any atom is -0.380 e. The van der Waals surface area contributed by atoms with Gasteiger partial charge in [0.25, 0.3) is 0 Å². The number of imide groups is 1. The average Bonchev–Trinajstić information content (AvgIpc) is 2.92. The van der Waals surface area contributed by atoms with Crippen molar-refractivity contribution in [3.8, 4) is 0 Å². The molecule has 0 unspecified atom stereocenters. The summed E-state index contributed by atoms with van der Waals surface area (Å²) in [5.74, 6) is -0.138. The van der Waals surface area contributed by atoms with Gasteiger partial charge < -0.3 is 15.0 Å². The summed E-state index contributed by atoms with van der Waals surface area (Å²) in [4.78, 5) is 28.7. The lowest BCUT2D eigenvalue weighted by Gasteiger charge is -2.26. The SMILES string of the molecule is CO[C@H]1C[C@@H](CN(C)CCN2C(=O)CNC2=O)N(C)C1.